The van der Waals surface area contributed by atoms with E-state index in [1.165, 1.54) is 103 Å². The van der Waals surface area contributed by atoms with Crippen LogP contribution in [0.1, 0.15) is 124 Å². The van der Waals surface area contributed by atoms with Gasteiger partial charge in [0.25, 0.3) is 0 Å². The summed E-state index contributed by atoms with van der Waals surface area (Å²) >= 11 is 0. The van der Waals surface area contributed by atoms with Gasteiger partial charge in [-0.2, -0.15) is 0 Å². The summed E-state index contributed by atoms with van der Waals surface area (Å²) in [7, 11) is 0. The lowest BCUT2D eigenvalue weighted by molar-refractivity contribution is -0.898. The molecule has 0 radical (unpaired) electrons. The van der Waals surface area contributed by atoms with Gasteiger partial charge in [0.2, 0.25) is 5.91 Å². The number of hydrogen-bond acceptors (Lipinski definition) is 2. The van der Waals surface area contributed by atoms with Crippen LogP contribution in [0.25, 0.3) is 0 Å². The van der Waals surface area contributed by atoms with Crippen LogP contribution in [-0.2, 0) is 4.79 Å². The number of likely N-dealkylation sites (N-methyl/N-ethyl adjacent to an activating group) is 1. The van der Waals surface area contributed by atoms with Crippen molar-refractivity contribution in [3.63, 3.8) is 0 Å². The molecule has 0 bridgehead atoms. The monoisotopic (exact) mass is 448 g/mol. The van der Waals surface area contributed by atoms with E-state index in [0.717, 1.165) is 24.1 Å². The van der Waals surface area contributed by atoms with Crippen LogP contribution in [-0.4, -0.2) is 36.2 Å². The molecule has 2 atom stereocenters. The lowest BCUT2D eigenvalue weighted by Gasteiger charge is -2.37. The molecule has 0 saturated heterocycles. The second kappa shape index (κ2) is 19.2. The Balaban J connectivity index is 1.94. The number of amides is 1. The van der Waals surface area contributed by atoms with E-state index in [2.05, 4.69) is 49.0 Å². The van der Waals surface area contributed by atoms with Crippen LogP contribution in [0, 0.1) is 0 Å². The van der Waals surface area contributed by atoms with Crippen molar-refractivity contribution in [3.8, 4) is 0 Å². The maximum atomic E-state index is 11.2. The smallest absolute Gasteiger partial charge is 0.217 e. The number of quaternary nitrogens is 1. The molecule has 0 spiro atoms. The Bertz CT molecular complexity index is 517. The molecular formula is C28H54N3O+. The van der Waals surface area contributed by atoms with Crippen molar-refractivity contribution < 1.29 is 9.28 Å². The minimum atomic E-state index is 0.0669. The number of allylic oxidation sites excluding steroid dienone is 2. The first-order valence-corrected chi connectivity index (χ1v) is 13.8. The summed E-state index contributed by atoms with van der Waals surface area (Å²) in [5, 5.41) is 6.52. The first-order valence-electron chi connectivity index (χ1n) is 13.8. The molecule has 0 aromatic carbocycles. The number of nitrogens with one attached hydrogen (secondary N) is 2. The van der Waals surface area contributed by atoms with E-state index in [0.29, 0.717) is 6.17 Å². The van der Waals surface area contributed by atoms with Crippen molar-refractivity contribution in [3.05, 3.63) is 24.6 Å². The lowest BCUT2D eigenvalue weighted by atomic mass is 10.0. The predicted octanol–water partition coefficient (Wildman–Crippen LogP) is 7.18. The van der Waals surface area contributed by atoms with E-state index >= 15 is 0 Å². The Morgan fingerprint density at radius 2 is 1.44 bits per heavy atom. The molecule has 4 heteroatoms. The molecule has 1 amide bonds. The van der Waals surface area contributed by atoms with Crippen LogP contribution >= 0.6 is 0 Å². The minimum Gasteiger partial charge on any atom is -0.351 e. The molecule has 1 rings (SSSR count). The van der Waals surface area contributed by atoms with Crippen molar-refractivity contribution in [1.82, 2.24) is 10.6 Å². The Morgan fingerprint density at radius 1 is 0.875 bits per heavy atom. The molecule has 2 N–H and O–H groups in total. The van der Waals surface area contributed by atoms with Crippen molar-refractivity contribution in [2.75, 3.05) is 19.6 Å². The molecule has 1 heterocycles. The second-order valence-corrected chi connectivity index (χ2v) is 9.70. The highest BCUT2D eigenvalue weighted by atomic mass is 16.1. The minimum absolute atomic E-state index is 0.0669. The summed E-state index contributed by atoms with van der Waals surface area (Å²) in [4.78, 5) is 11.2. The van der Waals surface area contributed by atoms with Gasteiger partial charge < -0.3 is 10.6 Å². The molecule has 0 aromatic heterocycles. The molecule has 1 aliphatic rings. The van der Waals surface area contributed by atoms with Gasteiger partial charge in [-0.05, 0) is 39.0 Å². The van der Waals surface area contributed by atoms with E-state index in [9.17, 15) is 4.79 Å². The summed E-state index contributed by atoms with van der Waals surface area (Å²) < 4.78 is 0.953. The zero-order valence-corrected chi connectivity index (χ0v) is 21.7. The first-order chi connectivity index (χ1) is 15.6. The van der Waals surface area contributed by atoms with Crippen molar-refractivity contribution >= 4 is 5.91 Å². The SMILES string of the molecule is CCCCC/C=C/CCCCCCCCCCCCC1NC=C[N+]1(CC)CCNC(C)=O. The molecule has 1 aliphatic heterocycles. The van der Waals surface area contributed by atoms with Crippen LogP contribution in [0.2, 0.25) is 0 Å². The van der Waals surface area contributed by atoms with E-state index in [4.69, 9.17) is 0 Å². The second-order valence-electron chi connectivity index (χ2n) is 9.70. The van der Waals surface area contributed by atoms with Gasteiger partial charge in [-0.15, -0.1) is 0 Å². The largest absolute Gasteiger partial charge is 0.351 e. The molecular weight excluding hydrogens is 394 g/mol. The molecule has 4 nitrogen and oxygen atoms in total. The Kier molecular flexibility index (Phi) is 17.2. The maximum absolute atomic E-state index is 11.2. The summed E-state index contributed by atoms with van der Waals surface area (Å²) in [5.41, 5.74) is 0. The fourth-order valence-electron chi connectivity index (χ4n) is 4.81. The lowest BCUT2D eigenvalue weighted by Crippen LogP contribution is -2.55. The molecule has 0 aromatic rings. The van der Waals surface area contributed by atoms with Crippen LogP contribution in [0.15, 0.2) is 24.6 Å². The van der Waals surface area contributed by atoms with Gasteiger partial charge in [0.05, 0.1) is 19.3 Å². The summed E-state index contributed by atoms with van der Waals surface area (Å²) in [5.74, 6) is 0.0669. The summed E-state index contributed by atoms with van der Waals surface area (Å²) in [6.45, 7) is 8.92. The highest BCUT2D eigenvalue weighted by molar-refractivity contribution is 5.72. The van der Waals surface area contributed by atoms with Crippen LogP contribution in [0.5, 0.6) is 0 Å². The van der Waals surface area contributed by atoms with Gasteiger partial charge in [0, 0.05) is 13.3 Å². The first kappa shape index (κ1) is 28.7. The molecule has 186 valence electrons. The van der Waals surface area contributed by atoms with Gasteiger partial charge >= 0.3 is 0 Å². The number of carbonyl (C=O) groups excluding carboxylic acids is 1. The molecule has 0 saturated carbocycles. The average Bonchev–Trinajstić information content (AvgIpc) is 3.18. The van der Waals surface area contributed by atoms with E-state index in [1.54, 1.807) is 6.92 Å². The quantitative estimate of drug-likeness (QED) is 0.111. The van der Waals surface area contributed by atoms with Gasteiger partial charge in [-0.3, -0.25) is 9.28 Å². The van der Waals surface area contributed by atoms with Crippen molar-refractivity contribution in [2.45, 2.75) is 130 Å². The third-order valence-corrected chi connectivity index (χ3v) is 7.01. The number of carbonyl (C=O) groups is 1. The number of hydrogen-bond donors (Lipinski definition) is 2. The standard InChI is InChI=1S/C28H53N3O/c1-4-6-7-8-9-10-11-12-13-14-15-16-17-18-19-20-21-22-28-30-24-26-31(28,5-2)25-23-29-27(3)32/h9-10,24,26,28,30H,4-8,11-23,25H2,1-3H3/p+1/b10-9+. The van der Waals surface area contributed by atoms with Crippen molar-refractivity contribution in [1.29, 1.82) is 0 Å². The molecule has 32 heavy (non-hydrogen) atoms. The van der Waals surface area contributed by atoms with Crippen LogP contribution in [0.4, 0.5) is 0 Å². The normalized spacial score (nSPS) is 20.2. The topological polar surface area (TPSA) is 41.1 Å². The number of unbranched alkanes of at least 4 members (excludes halogenated alkanes) is 13. The van der Waals surface area contributed by atoms with Crippen molar-refractivity contribution in [2.24, 2.45) is 0 Å². The van der Waals surface area contributed by atoms with Gasteiger partial charge in [-0.1, -0.05) is 83.3 Å². The third-order valence-electron chi connectivity index (χ3n) is 7.01. The molecule has 2 unspecified atom stereocenters. The van der Waals surface area contributed by atoms with E-state index in [-0.39, 0.29) is 5.91 Å². The average molecular weight is 449 g/mol. The zero-order chi connectivity index (χ0) is 23.3. The fraction of sp³-hybridized carbons (Fsp3) is 0.821. The predicted molar refractivity (Wildman–Crippen MR) is 139 cm³/mol. The fourth-order valence-corrected chi connectivity index (χ4v) is 4.81. The van der Waals surface area contributed by atoms with Gasteiger partial charge in [0.1, 0.15) is 12.7 Å². The molecule has 0 aliphatic carbocycles. The Labute approximate surface area is 199 Å². The highest BCUT2D eigenvalue weighted by Gasteiger charge is 2.36. The summed E-state index contributed by atoms with van der Waals surface area (Å²) in [6, 6.07) is 0. The zero-order valence-electron chi connectivity index (χ0n) is 21.7. The Morgan fingerprint density at radius 3 is 2.00 bits per heavy atom. The van der Waals surface area contributed by atoms with E-state index < -0.39 is 0 Å². The Hall–Kier alpha value is -1.29. The number of nitrogens with zero attached hydrogens (tertiary/aromatic N) is 1. The third kappa shape index (κ3) is 13.3. The van der Waals surface area contributed by atoms with Crippen LogP contribution in [0.3, 0.4) is 0 Å². The maximum Gasteiger partial charge on any atom is 0.217 e. The van der Waals surface area contributed by atoms with E-state index in [1.807, 2.05) is 0 Å². The number of rotatable bonds is 21. The van der Waals surface area contributed by atoms with Gasteiger partial charge in [0.15, 0.2) is 6.17 Å². The van der Waals surface area contributed by atoms with Gasteiger partial charge in [-0.25, -0.2) is 0 Å². The van der Waals surface area contributed by atoms with Crippen LogP contribution < -0.4 is 10.6 Å². The molecule has 0 fully saturated rings. The summed E-state index contributed by atoms with van der Waals surface area (Å²) in [6.07, 6.45) is 31.4. The highest BCUT2D eigenvalue weighted by Crippen LogP contribution is 2.23.